The van der Waals surface area contributed by atoms with Crippen LogP contribution in [0.25, 0.3) is 0 Å². The van der Waals surface area contributed by atoms with Gasteiger partial charge in [-0.1, -0.05) is 39.0 Å². The highest BCUT2D eigenvalue weighted by atomic mass is 16.6. The predicted molar refractivity (Wildman–Crippen MR) is 87.0 cm³/mol. The smallest absolute Gasteiger partial charge is 0.267 e. The van der Waals surface area contributed by atoms with E-state index in [4.69, 9.17) is 0 Å². The van der Waals surface area contributed by atoms with Gasteiger partial charge in [-0.15, -0.1) is 0 Å². The lowest BCUT2D eigenvalue weighted by Crippen LogP contribution is -2.17. The van der Waals surface area contributed by atoms with Gasteiger partial charge in [0.15, 0.2) is 0 Å². The number of amides is 1. The van der Waals surface area contributed by atoms with E-state index in [1.165, 1.54) is 56.4 Å². The van der Waals surface area contributed by atoms with Crippen molar-refractivity contribution in [2.24, 2.45) is 5.10 Å². The molecular formula is C16H23N3O3. The molecule has 1 aromatic carbocycles. The Labute approximate surface area is 130 Å². The first-order valence-electron chi connectivity index (χ1n) is 7.71. The summed E-state index contributed by atoms with van der Waals surface area (Å²) in [5.74, 6) is -0.367. The van der Waals surface area contributed by atoms with Crippen LogP contribution >= 0.6 is 0 Å². The molecule has 0 bridgehead atoms. The average Bonchev–Trinajstić information content (AvgIpc) is 2.53. The van der Waals surface area contributed by atoms with Crippen LogP contribution in [-0.2, 0) is 0 Å². The van der Waals surface area contributed by atoms with E-state index in [1.807, 2.05) is 0 Å². The molecule has 1 amide bonds. The van der Waals surface area contributed by atoms with Crippen molar-refractivity contribution in [1.29, 1.82) is 0 Å². The molecular weight excluding hydrogens is 282 g/mol. The molecule has 0 fully saturated rings. The molecule has 1 rings (SSSR count). The number of hydrogen-bond acceptors (Lipinski definition) is 4. The monoisotopic (exact) mass is 305 g/mol. The molecule has 0 aliphatic heterocycles. The lowest BCUT2D eigenvalue weighted by Gasteiger charge is -2.00. The van der Waals surface area contributed by atoms with Crippen LogP contribution in [-0.4, -0.2) is 17.0 Å². The van der Waals surface area contributed by atoms with Gasteiger partial charge in [0.25, 0.3) is 11.6 Å². The Bertz CT molecular complexity index is 498. The highest BCUT2D eigenvalue weighted by Gasteiger charge is 2.08. The summed E-state index contributed by atoms with van der Waals surface area (Å²) in [7, 11) is 0. The molecule has 0 aliphatic carbocycles. The molecule has 1 aromatic rings. The normalized spacial score (nSPS) is 10.8. The van der Waals surface area contributed by atoms with Gasteiger partial charge in [-0.3, -0.25) is 14.9 Å². The Morgan fingerprint density at radius 3 is 2.45 bits per heavy atom. The zero-order chi connectivity index (χ0) is 16.2. The maximum atomic E-state index is 11.7. The summed E-state index contributed by atoms with van der Waals surface area (Å²) in [6.07, 6.45) is 9.86. The van der Waals surface area contributed by atoms with Gasteiger partial charge in [0.2, 0.25) is 0 Å². The Morgan fingerprint density at radius 2 is 1.82 bits per heavy atom. The molecule has 0 aliphatic rings. The fourth-order valence-electron chi connectivity index (χ4n) is 1.98. The first-order chi connectivity index (χ1) is 10.6. The highest BCUT2D eigenvalue weighted by Crippen LogP contribution is 2.11. The molecule has 0 unspecified atom stereocenters. The van der Waals surface area contributed by atoms with Gasteiger partial charge in [0.05, 0.1) is 4.92 Å². The van der Waals surface area contributed by atoms with Crippen molar-refractivity contribution in [3.63, 3.8) is 0 Å². The van der Waals surface area contributed by atoms with E-state index in [0.717, 1.165) is 12.8 Å². The Kier molecular flexibility index (Phi) is 8.49. The number of nitrogens with zero attached hydrogens (tertiary/aromatic N) is 2. The molecule has 0 saturated heterocycles. The summed E-state index contributed by atoms with van der Waals surface area (Å²) in [4.78, 5) is 21.8. The number of hydrogen-bond donors (Lipinski definition) is 1. The SMILES string of the molecule is CCCCCCCC/C=N/NC(=O)c1ccc([N+](=O)[O-])cc1. The Hall–Kier alpha value is -2.24. The van der Waals surface area contributed by atoms with Crippen LogP contribution in [0, 0.1) is 10.1 Å². The number of nitro groups is 1. The van der Waals surface area contributed by atoms with Gasteiger partial charge in [-0.05, 0) is 25.0 Å². The van der Waals surface area contributed by atoms with Gasteiger partial charge in [-0.25, -0.2) is 5.43 Å². The summed E-state index contributed by atoms with van der Waals surface area (Å²) in [6, 6.07) is 5.43. The van der Waals surface area contributed by atoms with Crippen LogP contribution in [0.15, 0.2) is 29.4 Å². The van der Waals surface area contributed by atoms with Crippen LogP contribution in [0.1, 0.15) is 62.2 Å². The second-order valence-electron chi connectivity index (χ2n) is 5.11. The highest BCUT2D eigenvalue weighted by molar-refractivity contribution is 5.94. The van der Waals surface area contributed by atoms with Crippen molar-refractivity contribution in [1.82, 2.24) is 5.43 Å². The lowest BCUT2D eigenvalue weighted by molar-refractivity contribution is -0.384. The third kappa shape index (κ3) is 6.97. The molecule has 6 nitrogen and oxygen atoms in total. The number of non-ortho nitro benzene ring substituents is 1. The maximum Gasteiger partial charge on any atom is 0.271 e. The summed E-state index contributed by atoms with van der Waals surface area (Å²) in [5.41, 5.74) is 2.73. The molecule has 120 valence electrons. The quantitative estimate of drug-likeness (QED) is 0.306. The van der Waals surface area contributed by atoms with Crippen LogP contribution in [0.5, 0.6) is 0 Å². The number of nitrogens with one attached hydrogen (secondary N) is 1. The molecule has 0 aromatic heterocycles. The number of carbonyl (C=O) groups is 1. The van der Waals surface area contributed by atoms with Crippen LogP contribution in [0.2, 0.25) is 0 Å². The van der Waals surface area contributed by atoms with Crippen LogP contribution < -0.4 is 5.43 Å². The number of carbonyl (C=O) groups excluding carboxylic acids is 1. The van der Waals surface area contributed by atoms with E-state index < -0.39 is 4.92 Å². The zero-order valence-electron chi connectivity index (χ0n) is 13.0. The maximum absolute atomic E-state index is 11.7. The lowest BCUT2D eigenvalue weighted by atomic mass is 10.1. The van der Waals surface area contributed by atoms with Crippen molar-refractivity contribution in [2.45, 2.75) is 51.9 Å². The van der Waals surface area contributed by atoms with Crippen LogP contribution in [0.4, 0.5) is 5.69 Å². The minimum absolute atomic E-state index is 0.0388. The standard InChI is InChI=1S/C16H23N3O3/c1-2-3-4-5-6-7-8-13-17-18-16(20)14-9-11-15(12-10-14)19(21)22/h9-13H,2-8H2,1H3,(H,18,20)/b17-13+. The third-order valence-electron chi connectivity index (χ3n) is 3.28. The van der Waals surface area contributed by atoms with Crippen LogP contribution in [0.3, 0.4) is 0 Å². The minimum atomic E-state index is -0.500. The van der Waals surface area contributed by atoms with E-state index >= 15 is 0 Å². The number of unbranched alkanes of at least 4 members (excludes halogenated alkanes) is 6. The van der Waals surface area contributed by atoms with Gasteiger partial charge in [0, 0.05) is 23.9 Å². The predicted octanol–water partition coefficient (Wildman–Crippen LogP) is 4.06. The summed E-state index contributed by atoms with van der Waals surface area (Å²) in [5, 5.41) is 14.4. The van der Waals surface area contributed by atoms with Crippen molar-refractivity contribution < 1.29 is 9.72 Å². The zero-order valence-corrected chi connectivity index (χ0v) is 13.0. The molecule has 0 heterocycles. The van der Waals surface area contributed by atoms with E-state index in [2.05, 4.69) is 17.5 Å². The first-order valence-corrected chi connectivity index (χ1v) is 7.71. The number of rotatable bonds is 10. The summed E-state index contributed by atoms with van der Waals surface area (Å²) >= 11 is 0. The van der Waals surface area contributed by atoms with E-state index in [0.29, 0.717) is 5.56 Å². The topological polar surface area (TPSA) is 84.6 Å². The van der Waals surface area contributed by atoms with E-state index in [9.17, 15) is 14.9 Å². The van der Waals surface area contributed by atoms with E-state index in [1.54, 1.807) is 6.21 Å². The number of benzene rings is 1. The minimum Gasteiger partial charge on any atom is -0.267 e. The third-order valence-corrected chi connectivity index (χ3v) is 3.28. The molecule has 0 saturated carbocycles. The molecule has 0 radical (unpaired) electrons. The fourth-order valence-corrected chi connectivity index (χ4v) is 1.98. The van der Waals surface area contributed by atoms with Crippen molar-refractivity contribution in [3.8, 4) is 0 Å². The Balaban J connectivity index is 2.22. The molecule has 0 atom stereocenters. The van der Waals surface area contributed by atoms with Gasteiger partial charge in [0.1, 0.15) is 0 Å². The molecule has 22 heavy (non-hydrogen) atoms. The van der Waals surface area contributed by atoms with Crippen molar-refractivity contribution in [3.05, 3.63) is 39.9 Å². The largest absolute Gasteiger partial charge is 0.271 e. The second-order valence-corrected chi connectivity index (χ2v) is 5.11. The second kappa shape index (κ2) is 10.5. The Morgan fingerprint density at radius 1 is 1.18 bits per heavy atom. The van der Waals surface area contributed by atoms with Crippen molar-refractivity contribution >= 4 is 17.8 Å². The van der Waals surface area contributed by atoms with Gasteiger partial charge >= 0.3 is 0 Å². The van der Waals surface area contributed by atoms with Crippen molar-refractivity contribution in [2.75, 3.05) is 0 Å². The number of nitro benzene ring substituents is 1. The average molecular weight is 305 g/mol. The summed E-state index contributed by atoms with van der Waals surface area (Å²) < 4.78 is 0. The number of hydrazone groups is 1. The van der Waals surface area contributed by atoms with Gasteiger partial charge < -0.3 is 0 Å². The summed E-state index contributed by atoms with van der Waals surface area (Å²) in [6.45, 7) is 2.19. The van der Waals surface area contributed by atoms with Gasteiger partial charge in [-0.2, -0.15) is 5.10 Å². The first kappa shape index (κ1) is 17.8. The van der Waals surface area contributed by atoms with E-state index in [-0.39, 0.29) is 11.6 Å². The molecule has 1 N–H and O–H groups in total. The molecule has 0 spiro atoms. The fraction of sp³-hybridized carbons (Fsp3) is 0.500. The molecule has 6 heteroatoms.